The fourth-order valence-electron chi connectivity index (χ4n) is 1.63. The average molecular weight is 245 g/mol. The SMILES string of the molecule is CNC(Cc1ncc(Cl)cc1F)C(C)(C)C. The summed E-state index contributed by atoms with van der Waals surface area (Å²) in [6.07, 6.45) is 2.04. The lowest BCUT2D eigenvalue weighted by atomic mass is 9.84. The largest absolute Gasteiger partial charge is 0.316 e. The van der Waals surface area contributed by atoms with Gasteiger partial charge in [0.05, 0.1) is 10.7 Å². The summed E-state index contributed by atoms with van der Waals surface area (Å²) in [6.45, 7) is 6.34. The van der Waals surface area contributed by atoms with Gasteiger partial charge in [0.2, 0.25) is 0 Å². The minimum atomic E-state index is -0.336. The zero-order valence-corrected chi connectivity index (χ0v) is 10.9. The molecular weight excluding hydrogens is 227 g/mol. The lowest BCUT2D eigenvalue weighted by Gasteiger charge is -2.30. The molecule has 0 spiro atoms. The molecule has 0 fully saturated rings. The average Bonchev–Trinajstić information content (AvgIpc) is 2.14. The molecule has 1 N–H and O–H groups in total. The Bertz CT molecular complexity index is 361. The van der Waals surface area contributed by atoms with Crippen LogP contribution in [0.4, 0.5) is 4.39 Å². The highest BCUT2D eigenvalue weighted by atomic mass is 35.5. The first kappa shape index (κ1) is 13.4. The molecule has 0 radical (unpaired) electrons. The van der Waals surface area contributed by atoms with Crippen molar-refractivity contribution < 1.29 is 4.39 Å². The molecule has 1 aromatic heterocycles. The molecular formula is C12H18ClFN2. The normalized spacial score (nSPS) is 13.9. The number of rotatable bonds is 3. The summed E-state index contributed by atoms with van der Waals surface area (Å²) < 4.78 is 13.6. The van der Waals surface area contributed by atoms with Gasteiger partial charge in [0.25, 0.3) is 0 Å². The fraction of sp³-hybridized carbons (Fsp3) is 0.583. The fourth-order valence-corrected chi connectivity index (χ4v) is 1.77. The Morgan fingerprint density at radius 1 is 1.50 bits per heavy atom. The molecule has 0 aliphatic carbocycles. The molecule has 0 aliphatic rings. The van der Waals surface area contributed by atoms with Crippen LogP contribution in [0.2, 0.25) is 5.02 Å². The summed E-state index contributed by atoms with van der Waals surface area (Å²) >= 11 is 5.66. The van der Waals surface area contributed by atoms with Gasteiger partial charge >= 0.3 is 0 Å². The molecule has 0 saturated carbocycles. The standard InChI is InChI=1S/C12H18ClFN2/c1-12(2,3)11(15-4)6-10-9(14)5-8(13)7-16-10/h5,7,11,15H,6H2,1-4H3. The van der Waals surface area contributed by atoms with Crippen LogP contribution in [0.1, 0.15) is 26.5 Å². The van der Waals surface area contributed by atoms with Crippen LogP contribution in [0.25, 0.3) is 0 Å². The van der Waals surface area contributed by atoms with Crippen molar-refractivity contribution in [3.05, 3.63) is 28.8 Å². The number of hydrogen-bond acceptors (Lipinski definition) is 2. The third kappa shape index (κ3) is 3.42. The van der Waals surface area contributed by atoms with Crippen LogP contribution in [0.15, 0.2) is 12.3 Å². The summed E-state index contributed by atoms with van der Waals surface area (Å²) in [6, 6.07) is 1.48. The van der Waals surface area contributed by atoms with Crippen molar-refractivity contribution in [1.29, 1.82) is 0 Å². The first-order chi connectivity index (χ1) is 7.34. The molecule has 0 bridgehead atoms. The molecule has 16 heavy (non-hydrogen) atoms. The minimum Gasteiger partial charge on any atom is -0.316 e. The summed E-state index contributed by atoms with van der Waals surface area (Å²) in [5, 5.41) is 3.52. The predicted molar refractivity (Wildman–Crippen MR) is 65.2 cm³/mol. The quantitative estimate of drug-likeness (QED) is 0.884. The van der Waals surface area contributed by atoms with Gasteiger partial charge < -0.3 is 5.32 Å². The molecule has 1 heterocycles. The molecule has 1 unspecified atom stereocenters. The molecule has 0 aromatic carbocycles. The van der Waals surface area contributed by atoms with Crippen LogP contribution in [-0.2, 0) is 6.42 Å². The van der Waals surface area contributed by atoms with Gasteiger partial charge in [0.1, 0.15) is 5.82 Å². The van der Waals surface area contributed by atoms with E-state index < -0.39 is 0 Å². The zero-order chi connectivity index (χ0) is 12.3. The summed E-state index contributed by atoms with van der Waals surface area (Å²) in [5.41, 5.74) is 0.515. The van der Waals surface area contributed by atoms with Crippen LogP contribution in [0, 0.1) is 11.2 Å². The molecule has 4 heteroatoms. The molecule has 1 aromatic rings. The highest BCUT2D eigenvalue weighted by molar-refractivity contribution is 6.30. The van der Waals surface area contributed by atoms with Crippen LogP contribution in [0.3, 0.4) is 0 Å². The maximum atomic E-state index is 13.6. The van der Waals surface area contributed by atoms with Gasteiger partial charge in [-0.25, -0.2) is 4.39 Å². The van der Waals surface area contributed by atoms with Crippen LogP contribution in [0.5, 0.6) is 0 Å². The van der Waals surface area contributed by atoms with E-state index in [-0.39, 0.29) is 17.3 Å². The highest BCUT2D eigenvalue weighted by Crippen LogP contribution is 2.23. The van der Waals surface area contributed by atoms with Crippen LogP contribution >= 0.6 is 11.6 Å². The lowest BCUT2D eigenvalue weighted by molar-refractivity contribution is 0.276. The van der Waals surface area contributed by atoms with E-state index in [1.807, 2.05) is 7.05 Å². The Kier molecular flexibility index (Phi) is 4.28. The lowest BCUT2D eigenvalue weighted by Crippen LogP contribution is -2.40. The van der Waals surface area contributed by atoms with Crippen molar-refractivity contribution in [3.63, 3.8) is 0 Å². The predicted octanol–water partition coefficient (Wildman–Crippen LogP) is 3.05. The third-order valence-electron chi connectivity index (χ3n) is 2.68. The molecule has 0 saturated heterocycles. The number of halogens is 2. The Labute approximate surface area is 101 Å². The van der Waals surface area contributed by atoms with Crippen LogP contribution < -0.4 is 5.32 Å². The second kappa shape index (κ2) is 5.11. The van der Waals surface area contributed by atoms with E-state index in [1.165, 1.54) is 12.3 Å². The molecule has 90 valence electrons. The summed E-state index contributed by atoms with van der Waals surface area (Å²) in [5.74, 6) is -0.336. The van der Waals surface area contributed by atoms with Gasteiger partial charge in [0, 0.05) is 18.7 Å². The Hall–Kier alpha value is -0.670. The molecule has 1 atom stereocenters. The summed E-state index contributed by atoms with van der Waals surface area (Å²) in [4.78, 5) is 4.03. The first-order valence-electron chi connectivity index (χ1n) is 5.31. The molecule has 0 amide bonds. The van der Waals surface area contributed by atoms with Crippen molar-refractivity contribution in [1.82, 2.24) is 10.3 Å². The molecule has 1 rings (SSSR count). The first-order valence-corrected chi connectivity index (χ1v) is 5.69. The highest BCUT2D eigenvalue weighted by Gasteiger charge is 2.24. The Balaban J connectivity index is 2.86. The summed E-state index contributed by atoms with van der Waals surface area (Å²) in [7, 11) is 1.88. The van der Waals surface area contributed by atoms with E-state index in [0.29, 0.717) is 17.1 Å². The van der Waals surface area contributed by atoms with Crippen molar-refractivity contribution in [2.45, 2.75) is 33.2 Å². The van der Waals surface area contributed by atoms with Gasteiger partial charge in [-0.05, 0) is 18.5 Å². The number of nitrogens with one attached hydrogen (secondary N) is 1. The van der Waals surface area contributed by atoms with E-state index >= 15 is 0 Å². The van der Waals surface area contributed by atoms with Crippen molar-refractivity contribution in [3.8, 4) is 0 Å². The third-order valence-corrected chi connectivity index (χ3v) is 2.88. The second-order valence-electron chi connectivity index (χ2n) is 4.99. The second-order valence-corrected chi connectivity index (χ2v) is 5.43. The number of hydrogen-bond donors (Lipinski definition) is 1. The Morgan fingerprint density at radius 2 is 2.12 bits per heavy atom. The van der Waals surface area contributed by atoms with Gasteiger partial charge in [-0.3, -0.25) is 4.98 Å². The number of nitrogens with zero attached hydrogens (tertiary/aromatic N) is 1. The van der Waals surface area contributed by atoms with E-state index in [4.69, 9.17) is 11.6 Å². The number of aromatic nitrogens is 1. The monoisotopic (exact) mass is 244 g/mol. The van der Waals surface area contributed by atoms with Crippen molar-refractivity contribution in [2.24, 2.45) is 5.41 Å². The topological polar surface area (TPSA) is 24.9 Å². The van der Waals surface area contributed by atoms with E-state index in [9.17, 15) is 4.39 Å². The van der Waals surface area contributed by atoms with Gasteiger partial charge in [0.15, 0.2) is 0 Å². The van der Waals surface area contributed by atoms with Crippen molar-refractivity contribution >= 4 is 11.6 Å². The van der Waals surface area contributed by atoms with E-state index in [0.717, 1.165) is 0 Å². The minimum absolute atomic E-state index is 0.0580. The van der Waals surface area contributed by atoms with Crippen molar-refractivity contribution in [2.75, 3.05) is 7.05 Å². The van der Waals surface area contributed by atoms with Gasteiger partial charge in [-0.1, -0.05) is 32.4 Å². The number of pyridine rings is 1. The molecule has 0 aliphatic heterocycles. The maximum absolute atomic E-state index is 13.6. The molecule has 2 nitrogen and oxygen atoms in total. The smallest absolute Gasteiger partial charge is 0.146 e. The van der Waals surface area contributed by atoms with Gasteiger partial charge in [-0.2, -0.15) is 0 Å². The van der Waals surface area contributed by atoms with E-state index in [2.05, 4.69) is 31.1 Å². The van der Waals surface area contributed by atoms with Crippen LogP contribution in [-0.4, -0.2) is 18.1 Å². The zero-order valence-electron chi connectivity index (χ0n) is 10.1. The number of likely N-dealkylation sites (N-methyl/N-ethyl adjacent to an activating group) is 1. The van der Waals surface area contributed by atoms with E-state index in [1.54, 1.807) is 0 Å². The Morgan fingerprint density at radius 3 is 2.56 bits per heavy atom. The maximum Gasteiger partial charge on any atom is 0.146 e. The van der Waals surface area contributed by atoms with Gasteiger partial charge in [-0.15, -0.1) is 0 Å².